The maximum Gasteiger partial charge on any atom is 0.260 e. The molecule has 0 saturated heterocycles. The fourth-order valence-electron chi connectivity index (χ4n) is 3.42. The van der Waals surface area contributed by atoms with Crippen molar-refractivity contribution in [3.63, 3.8) is 0 Å². The number of halogens is 1. The third-order valence-corrected chi connectivity index (χ3v) is 5.46. The van der Waals surface area contributed by atoms with Crippen molar-refractivity contribution in [1.82, 2.24) is 15.1 Å². The van der Waals surface area contributed by atoms with Crippen molar-refractivity contribution in [3.05, 3.63) is 69.9 Å². The summed E-state index contributed by atoms with van der Waals surface area (Å²) in [4.78, 5) is 14.5. The van der Waals surface area contributed by atoms with Crippen LogP contribution in [0.2, 0.25) is 5.02 Å². The number of hydrogen-bond acceptors (Lipinski definition) is 3. The number of nitrogens with zero attached hydrogens (tertiary/aromatic N) is 2. The molecule has 0 aliphatic carbocycles. The van der Waals surface area contributed by atoms with Gasteiger partial charge in [0, 0.05) is 41.4 Å². The molecule has 1 amide bonds. The standard InChI is InChI=1S/C22H22ClN3O2/c1-14-6-7-18(10-15(14)2)28-13-21(27)26-9-8-20-19(12-26)22(25-24-20)16-4-3-5-17(23)11-16/h3-7,10-11H,8-9,12-13H2,1-2H3,(H,24,25). The molecule has 1 aromatic heterocycles. The van der Waals surface area contributed by atoms with Crippen molar-refractivity contribution < 1.29 is 9.53 Å². The molecule has 2 heterocycles. The van der Waals surface area contributed by atoms with Crippen LogP contribution in [0.15, 0.2) is 42.5 Å². The Morgan fingerprint density at radius 1 is 1.21 bits per heavy atom. The summed E-state index contributed by atoms with van der Waals surface area (Å²) in [5.41, 5.74) is 6.28. The highest BCUT2D eigenvalue weighted by Gasteiger charge is 2.26. The SMILES string of the molecule is Cc1ccc(OCC(=O)N2CCc3[nH]nc(-c4cccc(Cl)c4)c3C2)cc1C. The van der Waals surface area contributed by atoms with E-state index in [9.17, 15) is 4.79 Å². The molecule has 4 rings (SSSR count). The molecule has 0 spiro atoms. The van der Waals surface area contributed by atoms with E-state index in [1.54, 1.807) is 0 Å². The molecule has 2 aromatic carbocycles. The third-order valence-electron chi connectivity index (χ3n) is 5.22. The summed E-state index contributed by atoms with van der Waals surface area (Å²) in [6.07, 6.45) is 0.748. The van der Waals surface area contributed by atoms with E-state index in [-0.39, 0.29) is 12.5 Å². The van der Waals surface area contributed by atoms with Gasteiger partial charge >= 0.3 is 0 Å². The number of aromatic amines is 1. The summed E-state index contributed by atoms with van der Waals surface area (Å²) in [5.74, 6) is 0.694. The second-order valence-corrected chi connectivity index (χ2v) is 7.58. The van der Waals surface area contributed by atoms with E-state index in [1.165, 1.54) is 5.56 Å². The van der Waals surface area contributed by atoms with Crippen LogP contribution in [0.4, 0.5) is 0 Å². The number of hydrogen-bond donors (Lipinski definition) is 1. The number of ether oxygens (including phenoxy) is 1. The topological polar surface area (TPSA) is 58.2 Å². The number of aryl methyl sites for hydroxylation is 2. The lowest BCUT2D eigenvalue weighted by Crippen LogP contribution is -2.38. The summed E-state index contributed by atoms with van der Waals surface area (Å²) in [7, 11) is 0. The van der Waals surface area contributed by atoms with Gasteiger partial charge in [0.05, 0.1) is 5.69 Å². The first-order chi connectivity index (χ1) is 13.5. The Kier molecular flexibility index (Phi) is 5.09. The van der Waals surface area contributed by atoms with Gasteiger partial charge in [0.15, 0.2) is 6.61 Å². The lowest BCUT2D eigenvalue weighted by Gasteiger charge is -2.27. The number of amides is 1. The average molecular weight is 396 g/mol. The molecule has 0 unspecified atom stereocenters. The van der Waals surface area contributed by atoms with Gasteiger partial charge in [-0.2, -0.15) is 5.10 Å². The van der Waals surface area contributed by atoms with E-state index >= 15 is 0 Å². The normalized spacial score (nSPS) is 13.3. The highest BCUT2D eigenvalue weighted by Crippen LogP contribution is 2.29. The summed E-state index contributed by atoms with van der Waals surface area (Å²) in [6.45, 7) is 5.29. The average Bonchev–Trinajstić information content (AvgIpc) is 3.12. The molecule has 1 aliphatic heterocycles. The van der Waals surface area contributed by atoms with Crippen molar-refractivity contribution in [3.8, 4) is 17.0 Å². The minimum Gasteiger partial charge on any atom is -0.484 e. The zero-order chi connectivity index (χ0) is 19.7. The molecule has 1 aliphatic rings. The van der Waals surface area contributed by atoms with Crippen LogP contribution in [0, 0.1) is 13.8 Å². The summed E-state index contributed by atoms with van der Waals surface area (Å²) < 4.78 is 5.72. The van der Waals surface area contributed by atoms with Crippen LogP contribution in [-0.4, -0.2) is 34.2 Å². The van der Waals surface area contributed by atoms with E-state index in [0.717, 1.165) is 40.2 Å². The fraction of sp³-hybridized carbons (Fsp3) is 0.273. The van der Waals surface area contributed by atoms with Crippen molar-refractivity contribution in [2.24, 2.45) is 0 Å². The second kappa shape index (κ2) is 7.68. The van der Waals surface area contributed by atoms with Gasteiger partial charge in [-0.25, -0.2) is 0 Å². The number of nitrogens with one attached hydrogen (secondary N) is 1. The number of fused-ring (bicyclic) bond motifs is 1. The molecule has 28 heavy (non-hydrogen) atoms. The van der Waals surface area contributed by atoms with Crippen LogP contribution in [0.25, 0.3) is 11.3 Å². The van der Waals surface area contributed by atoms with Crippen LogP contribution in [0.1, 0.15) is 22.4 Å². The monoisotopic (exact) mass is 395 g/mol. The Morgan fingerprint density at radius 2 is 2.07 bits per heavy atom. The Hall–Kier alpha value is -2.79. The number of aromatic nitrogens is 2. The van der Waals surface area contributed by atoms with E-state index in [2.05, 4.69) is 17.1 Å². The van der Waals surface area contributed by atoms with Crippen molar-refractivity contribution in [1.29, 1.82) is 0 Å². The minimum absolute atomic E-state index is 0.0258. The Balaban J connectivity index is 1.46. The Labute approximate surface area is 169 Å². The quantitative estimate of drug-likeness (QED) is 0.716. The molecule has 0 fully saturated rings. The van der Waals surface area contributed by atoms with Crippen LogP contribution >= 0.6 is 11.6 Å². The van der Waals surface area contributed by atoms with Gasteiger partial charge in [-0.3, -0.25) is 9.89 Å². The predicted octanol–water partition coefficient (Wildman–Crippen LogP) is 4.31. The van der Waals surface area contributed by atoms with Crippen molar-refractivity contribution >= 4 is 17.5 Å². The molecule has 6 heteroatoms. The minimum atomic E-state index is -0.0258. The van der Waals surface area contributed by atoms with Crippen LogP contribution in [0.3, 0.4) is 0 Å². The lowest BCUT2D eigenvalue weighted by molar-refractivity contribution is -0.134. The van der Waals surface area contributed by atoms with E-state index in [1.807, 2.05) is 54.3 Å². The highest BCUT2D eigenvalue weighted by molar-refractivity contribution is 6.30. The van der Waals surface area contributed by atoms with Gasteiger partial charge in [0.1, 0.15) is 5.75 Å². The van der Waals surface area contributed by atoms with Gasteiger partial charge in [0.25, 0.3) is 5.91 Å². The molecule has 5 nitrogen and oxygen atoms in total. The molecule has 0 atom stereocenters. The van der Waals surface area contributed by atoms with E-state index in [0.29, 0.717) is 18.1 Å². The zero-order valence-corrected chi connectivity index (χ0v) is 16.7. The summed E-state index contributed by atoms with van der Waals surface area (Å²) in [6, 6.07) is 13.5. The summed E-state index contributed by atoms with van der Waals surface area (Å²) >= 11 is 6.13. The molecular weight excluding hydrogens is 374 g/mol. The third kappa shape index (κ3) is 3.76. The van der Waals surface area contributed by atoms with Gasteiger partial charge in [-0.15, -0.1) is 0 Å². The molecule has 1 N–H and O–H groups in total. The first-order valence-electron chi connectivity index (χ1n) is 9.31. The molecule has 0 radical (unpaired) electrons. The molecule has 144 valence electrons. The Bertz CT molecular complexity index is 1030. The predicted molar refractivity (Wildman–Crippen MR) is 110 cm³/mol. The molecule has 3 aromatic rings. The number of H-pyrrole nitrogens is 1. The highest BCUT2D eigenvalue weighted by atomic mass is 35.5. The van der Waals surface area contributed by atoms with Crippen LogP contribution in [0.5, 0.6) is 5.75 Å². The van der Waals surface area contributed by atoms with Crippen LogP contribution in [-0.2, 0) is 17.8 Å². The lowest BCUT2D eigenvalue weighted by atomic mass is 10.0. The van der Waals surface area contributed by atoms with Crippen LogP contribution < -0.4 is 4.74 Å². The van der Waals surface area contributed by atoms with Gasteiger partial charge in [0.2, 0.25) is 0 Å². The maximum absolute atomic E-state index is 12.7. The molecular formula is C22H22ClN3O2. The van der Waals surface area contributed by atoms with E-state index in [4.69, 9.17) is 16.3 Å². The van der Waals surface area contributed by atoms with Crippen molar-refractivity contribution in [2.75, 3.05) is 13.2 Å². The Morgan fingerprint density at radius 3 is 2.86 bits per heavy atom. The fourth-order valence-corrected chi connectivity index (χ4v) is 3.61. The number of carbonyl (C=O) groups excluding carboxylic acids is 1. The number of benzene rings is 2. The van der Waals surface area contributed by atoms with Gasteiger partial charge in [-0.05, 0) is 49.2 Å². The van der Waals surface area contributed by atoms with Crippen molar-refractivity contribution in [2.45, 2.75) is 26.8 Å². The first-order valence-corrected chi connectivity index (χ1v) is 9.69. The second-order valence-electron chi connectivity index (χ2n) is 7.14. The van der Waals surface area contributed by atoms with Gasteiger partial charge in [-0.1, -0.05) is 29.8 Å². The largest absolute Gasteiger partial charge is 0.484 e. The first kappa shape index (κ1) is 18.6. The molecule has 0 bridgehead atoms. The number of carbonyl (C=O) groups is 1. The number of rotatable bonds is 4. The van der Waals surface area contributed by atoms with Gasteiger partial charge < -0.3 is 9.64 Å². The smallest absolute Gasteiger partial charge is 0.260 e. The maximum atomic E-state index is 12.7. The van der Waals surface area contributed by atoms with E-state index < -0.39 is 0 Å². The molecule has 0 saturated carbocycles. The summed E-state index contributed by atoms with van der Waals surface area (Å²) in [5, 5.41) is 8.24. The zero-order valence-electron chi connectivity index (χ0n) is 16.0.